The first kappa shape index (κ1) is 14.2. The van der Waals surface area contributed by atoms with Crippen molar-refractivity contribution in [3.63, 3.8) is 0 Å². The van der Waals surface area contributed by atoms with Crippen molar-refractivity contribution in [2.75, 3.05) is 25.0 Å². The molecular weight excluding hydrogens is 262 g/mol. The van der Waals surface area contributed by atoms with Gasteiger partial charge in [-0.25, -0.2) is 9.97 Å². The van der Waals surface area contributed by atoms with Crippen molar-refractivity contribution in [3.8, 4) is 0 Å². The average molecular weight is 285 g/mol. The number of anilines is 1. The minimum absolute atomic E-state index is 0.617. The Hall–Kier alpha value is -1.75. The molecule has 1 aliphatic heterocycles. The van der Waals surface area contributed by atoms with E-state index < -0.39 is 0 Å². The normalized spacial score (nSPS) is 19.5. The van der Waals surface area contributed by atoms with E-state index in [2.05, 4.69) is 39.0 Å². The largest absolute Gasteiger partial charge is 0.368 e. The van der Waals surface area contributed by atoms with E-state index in [1.54, 1.807) is 12.4 Å². The van der Waals surface area contributed by atoms with E-state index in [1.807, 2.05) is 12.1 Å². The number of hydrogen-bond donors (Lipinski definition) is 1. The van der Waals surface area contributed by atoms with Gasteiger partial charge in [0.25, 0.3) is 0 Å². The third kappa shape index (κ3) is 3.47. The van der Waals surface area contributed by atoms with Gasteiger partial charge in [0.2, 0.25) is 0 Å². The second-order valence-electron chi connectivity index (χ2n) is 6.16. The van der Waals surface area contributed by atoms with Gasteiger partial charge in [-0.3, -0.25) is 9.88 Å². The lowest BCUT2D eigenvalue weighted by molar-refractivity contribution is 0.234. The van der Waals surface area contributed by atoms with Crippen LogP contribution in [0.25, 0.3) is 11.2 Å². The first-order valence-electron chi connectivity index (χ1n) is 7.78. The highest BCUT2D eigenvalue weighted by Gasteiger charge is 2.24. The van der Waals surface area contributed by atoms with Gasteiger partial charge in [-0.1, -0.05) is 13.8 Å². The van der Waals surface area contributed by atoms with Crippen molar-refractivity contribution >= 4 is 17.0 Å². The summed E-state index contributed by atoms with van der Waals surface area (Å²) in [6, 6.07) is 4.57. The highest BCUT2D eigenvalue weighted by atomic mass is 15.2. The molecule has 3 heterocycles. The summed E-state index contributed by atoms with van der Waals surface area (Å²) in [5.74, 6) is 1.61. The van der Waals surface area contributed by atoms with Gasteiger partial charge >= 0.3 is 0 Å². The van der Waals surface area contributed by atoms with Crippen LogP contribution < -0.4 is 5.32 Å². The minimum Gasteiger partial charge on any atom is -0.368 e. The van der Waals surface area contributed by atoms with Gasteiger partial charge in [0.05, 0.1) is 0 Å². The molecule has 3 rings (SSSR count). The minimum atomic E-state index is 0.617. The SMILES string of the molecule is CC(C)CN1CCC[C@@H]1CNc1ccc2nccnc2n1. The smallest absolute Gasteiger partial charge is 0.180 e. The van der Waals surface area contributed by atoms with E-state index >= 15 is 0 Å². The Kier molecular flexibility index (Phi) is 4.29. The summed E-state index contributed by atoms with van der Waals surface area (Å²) >= 11 is 0. The van der Waals surface area contributed by atoms with Crippen molar-refractivity contribution < 1.29 is 0 Å². The zero-order chi connectivity index (χ0) is 14.7. The van der Waals surface area contributed by atoms with Crippen molar-refractivity contribution in [2.45, 2.75) is 32.7 Å². The van der Waals surface area contributed by atoms with Gasteiger partial charge in [-0.15, -0.1) is 0 Å². The molecule has 5 nitrogen and oxygen atoms in total. The monoisotopic (exact) mass is 285 g/mol. The molecule has 1 aliphatic rings. The Labute approximate surface area is 125 Å². The second-order valence-corrected chi connectivity index (χ2v) is 6.16. The van der Waals surface area contributed by atoms with E-state index in [4.69, 9.17) is 0 Å². The zero-order valence-corrected chi connectivity index (χ0v) is 12.8. The molecule has 112 valence electrons. The maximum atomic E-state index is 4.52. The standard InChI is InChI=1S/C16H23N5/c1-12(2)11-21-9-3-4-13(21)10-19-15-6-5-14-16(20-15)18-8-7-17-14/h5-8,12-13H,3-4,9-11H2,1-2H3,(H,18,19,20)/t13-/m1/s1. The topological polar surface area (TPSA) is 53.9 Å². The number of rotatable bonds is 5. The van der Waals surface area contributed by atoms with E-state index in [-0.39, 0.29) is 0 Å². The molecule has 0 aromatic carbocycles. The summed E-state index contributed by atoms with van der Waals surface area (Å²) in [5.41, 5.74) is 1.54. The fourth-order valence-electron chi connectivity index (χ4n) is 3.01. The van der Waals surface area contributed by atoms with Crippen molar-refractivity contribution in [2.24, 2.45) is 5.92 Å². The van der Waals surface area contributed by atoms with Crippen LogP contribution in [0.4, 0.5) is 5.82 Å². The molecule has 1 saturated heterocycles. The summed E-state index contributed by atoms with van der Waals surface area (Å²) in [6.45, 7) is 7.92. The van der Waals surface area contributed by atoms with E-state index in [1.165, 1.54) is 25.9 Å². The van der Waals surface area contributed by atoms with Crippen LogP contribution in [-0.4, -0.2) is 45.5 Å². The highest BCUT2D eigenvalue weighted by molar-refractivity contribution is 5.71. The van der Waals surface area contributed by atoms with Gasteiger partial charge in [0.15, 0.2) is 5.65 Å². The summed E-state index contributed by atoms with van der Waals surface area (Å²) in [6.07, 6.45) is 5.95. The Balaban J connectivity index is 1.63. The van der Waals surface area contributed by atoms with Crippen molar-refractivity contribution in [1.29, 1.82) is 0 Å². The van der Waals surface area contributed by atoms with Crippen LogP contribution in [0.2, 0.25) is 0 Å². The Morgan fingerprint density at radius 3 is 3.00 bits per heavy atom. The fraction of sp³-hybridized carbons (Fsp3) is 0.562. The molecule has 2 aromatic heterocycles. The fourth-order valence-corrected chi connectivity index (χ4v) is 3.01. The number of hydrogen-bond acceptors (Lipinski definition) is 5. The summed E-state index contributed by atoms with van der Waals surface area (Å²) in [7, 11) is 0. The van der Waals surface area contributed by atoms with Gasteiger partial charge in [-0.2, -0.15) is 0 Å². The summed E-state index contributed by atoms with van der Waals surface area (Å²) < 4.78 is 0. The molecule has 1 fully saturated rings. The molecule has 0 spiro atoms. The molecule has 0 unspecified atom stereocenters. The molecule has 0 bridgehead atoms. The molecule has 21 heavy (non-hydrogen) atoms. The predicted octanol–water partition coefficient (Wildman–Crippen LogP) is 2.56. The van der Waals surface area contributed by atoms with E-state index in [0.717, 1.165) is 23.8 Å². The number of likely N-dealkylation sites (tertiary alicyclic amines) is 1. The van der Waals surface area contributed by atoms with Crippen LogP contribution in [-0.2, 0) is 0 Å². The molecule has 1 N–H and O–H groups in total. The molecule has 0 saturated carbocycles. The predicted molar refractivity (Wildman–Crippen MR) is 85.3 cm³/mol. The second kappa shape index (κ2) is 6.35. The quantitative estimate of drug-likeness (QED) is 0.915. The molecular formula is C16H23N5. The maximum absolute atomic E-state index is 4.52. The Morgan fingerprint density at radius 2 is 2.14 bits per heavy atom. The van der Waals surface area contributed by atoms with Gasteiger partial charge < -0.3 is 5.32 Å². The lowest BCUT2D eigenvalue weighted by Gasteiger charge is -2.26. The summed E-state index contributed by atoms with van der Waals surface area (Å²) in [5, 5.41) is 3.46. The van der Waals surface area contributed by atoms with Gasteiger partial charge in [0.1, 0.15) is 11.3 Å². The van der Waals surface area contributed by atoms with Crippen LogP contribution in [0.5, 0.6) is 0 Å². The summed E-state index contributed by atoms with van der Waals surface area (Å²) in [4.78, 5) is 15.6. The number of nitrogens with one attached hydrogen (secondary N) is 1. The van der Waals surface area contributed by atoms with Crippen LogP contribution >= 0.6 is 0 Å². The Bertz CT molecular complexity index is 598. The molecule has 0 aliphatic carbocycles. The van der Waals surface area contributed by atoms with Gasteiger partial charge in [0, 0.05) is 31.5 Å². The molecule has 0 radical (unpaired) electrons. The average Bonchev–Trinajstić information content (AvgIpc) is 2.91. The maximum Gasteiger partial charge on any atom is 0.180 e. The van der Waals surface area contributed by atoms with E-state index in [9.17, 15) is 0 Å². The number of fused-ring (bicyclic) bond motifs is 1. The number of aromatic nitrogens is 3. The zero-order valence-electron chi connectivity index (χ0n) is 12.8. The third-order valence-corrected chi connectivity index (χ3v) is 3.95. The molecule has 2 aromatic rings. The lowest BCUT2D eigenvalue weighted by Crippen LogP contribution is -2.37. The van der Waals surface area contributed by atoms with Crippen LogP contribution in [0.15, 0.2) is 24.5 Å². The Morgan fingerprint density at radius 1 is 1.29 bits per heavy atom. The first-order valence-corrected chi connectivity index (χ1v) is 7.78. The van der Waals surface area contributed by atoms with Crippen LogP contribution in [0.3, 0.4) is 0 Å². The van der Waals surface area contributed by atoms with Gasteiger partial charge in [-0.05, 0) is 37.4 Å². The molecule has 1 atom stereocenters. The van der Waals surface area contributed by atoms with Crippen molar-refractivity contribution in [1.82, 2.24) is 19.9 Å². The number of pyridine rings is 1. The third-order valence-electron chi connectivity index (χ3n) is 3.95. The molecule has 0 amide bonds. The lowest BCUT2D eigenvalue weighted by atomic mass is 10.1. The highest BCUT2D eigenvalue weighted by Crippen LogP contribution is 2.19. The van der Waals surface area contributed by atoms with Crippen LogP contribution in [0.1, 0.15) is 26.7 Å². The molecule has 5 heteroatoms. The number of nitrogens with zero attached hydrogens (tertiary/aromatic N) is 4. The first-order chi connectivity index (χ1) is 10.2. The van der Waals surface area contributed by atoms with Crippen LogP contribution in [0, 0.1) is 5.92 Å². The van der Waals surface area contributed by atoms with E-state index in [0.29, 0.717) is 11.7 Å². The van der Waals surface area contributed by atoms with Crippen molar-refractivity contribution in [3.05, 3.63) is 24.5 Å².